The number of hydrogen-bond donors (Lipinski definition) is 1. The van der Waals surface area contributed by atoms with Crippen LogP contribution in [0.1, 0.15) is 18.1 Å². The van der Waals surface area contributed by atoms with Gasteiger partial charge in [-0.3, -0.25) is 0 Å². The van der Waals surface area contributed by atoms with Crippen LogP contribution in [0, 0.1) is 6.92 Å². The normalized spacial score (nSPS) is 11.0. The summed E-state index contributed by atoms with van der Waals surface area (Å²) >= 11 is 12.5. The highest BCUT2D eigenvalue weighted by molar-refractivity contribution is 6.35. The first-order chi connectivity index (χ1) is 14.0. The zero-order valence-corrected chi connectivity index (χ0v) is 17.6. The zero-order valence-electron chi connectivity index (χ0n) is 16.1. The van der Waals surface area contributed by atoms with Crippen molar-refractivity contribution >= 4 is 34.2 Å². The molecule has 0 unspecified atom stereocenters. The third kappa shape index (κ3) is 4.19. The molecule has 4 aromatic rings. The van der Waals surface area contributed by atoms with Gasteiger partial charge in [0.2, 0.25) is 0 Å². The third-order valence-electron chi connectivity index (χ3n) is 4.59. The van der Waals surface area contributed by atoms with E-state index in [-0.39, 0.29) is 6.61 Å². The Balaban J connectivity index is 1.63. The van der Waals surface area contributed by atoms with E-state index in [1.54, 1.807) is 12.1 Å². The maximum Gasteiger partial charge on any atom is 0.161 e. The van der Waals surface area contributed by atoms with E-state index in [1.807, 2.05) is 37.3 Å². The van der Waals surface area contributed by atoms with Crippen LogP contribution in [-0.4, -0.2) is 16.6 Å². The minimum atomic E-state index is 0.252. The highest BCUT2D eigenvalue weighted by Gasteiger charge is 2.13. The maximum absolute atomic E-state index is 6.24. The fourth-order valence-corrected chi connectivity index (χ4v) is 3.63. The minimum absolute atomic E-state index is 0.252. The quantitative estimate of drug-likeness (QED) is 0.367. The van der Waals surface area contributed by atoms with Gasteiger partial charge in [-0.05, 0) is 61.9 Å². The highest BCUT2D eigenvalue weighted by Crippen LogP contribution is 2.34. The molecule has 0 aliphatic rings. The monoisotopic (exact) mass is 426 g/mol. The lowest BCUT2D eigenvalue weighted by atomic mass is 10.2. The first-order valence-corrected chi connectivity index (χ1v) is 10.1. The van der Waals surface area contributed by atoms with E-state index in [0.29, 0.717) is 28.2 Å². The number of nitrogens with zero attached hydrogens (tertiary/aromatic N) is 1. The molecular weight excluding hydrogens is 407 g/mol. The molecule has 0 aliphatic carbocycles. The van der Waals surface area contributed by atoms with E-state index < -0.39 is 0 Å². The van der Waals surface area contributed by atoms with Gasteiger partial charge < -0.3 is 14.5 Å². The fourth-order valence-electron chi connectivity index (χ4n) is 3.12. The van der Waals surface area contributed by atoms with E-state index in [1.165, 1.54) is 5.56 Å². The number of nitrogens with one attached hydrogen (secondary N) is 1. The van der Waals surface area contributed by atoms with Crippen molar-refractivity contribution in [1.29, 1.82) is 0 Å². The van der Waals surface area contributed by atoms with E-state index in [0.717, 1.165) is 28.0 Å². The Bertz CT molecular complexity index is 1150. The molecule has 4 rings (SSSR count). The number of H-pyrrole nitrogens is 1. The van der Waals surface area contributed by atoms with Gasteiger partial charge in [-0.1, -0.05) is 35.3 Å². The summed E-state index contributed by atoms with van der Waals surface area (Å²) in [7, 11) is 0. The van der Waals surface area contributed by atoms with Gasteiger partial charge in [-0.15, -0.1) is 0 Å². The van der Waals surface area contributed by atoms with Gasteiger partial charge in [0.15, 0.2) is 11.5 Å². The van der Waals surface area contributed by atoms with Crippen molar-refractivity contribution in [2.75, 3.05) is 6.61 Å². The van der Waals surface area contributed by atoms with Crippen molar-refractivity contribution in [3.05, 3.63) is 75.8 Å². The second-order valence-corrected chi connectivity index (χ2v) is 7.50. The van der Waals surface area contributed by atoms with E-state index in [2.05, 4.69) is 29.0 Å². The highest BCUT2D eigenvalue weighted by atomic mass is 35.5. The Morgan fingerprint density at radius 2 is 1.72 bits per heavy atom. The van der Waals surface area contributed by atoms with Crippen molar-refractivity contribution in [3.8, 4) is 22.9 Å². The predicted octanol–water partition coefficient (Wildman–Crippen LogP) is 6.82. The summed E-state index contributed by atoms with van der Waals surface area (Å²) in [6.07, 6.45) is 0. The molecule has 0 atom stereocenters. The molecule has 148 valence electrons. The minimum Gasteiger partial charge on any atom is -0.490 e. The molecule has 0 saturated carbocycles. The standard InChI is InChI=1S/C23H20Cl2N2O2/c1-3-28-22-12-15(23-26-19-9-7-14(2)11-20(19)27-23)8-10-21(22)29-13-16-17(24)5-4-6-18(16)25/h4-12H,3,13H2,1-2H3,(H,26,27). The van der Waals surface area contributed by atoms with Crippen LogP contribution in [-0.2, 0) is 6.61 Å². The van der Waals surface area contributed by atoms with Gasteiger partial charge in [0.25, 0.3) is 0 Å². The molecule has 6 heteroatoms. The molecule has 0 spiro atoms. The van der Waals surface area contributed by atoms with Crippen LogP contribution >= 0.6 is 23.2 Å². The summed E-state index contributed by atoms with van der Waals surface area (Å²) < 4.78 is 11.8. The Morgan fingerprint density at radius 1 is 0.931 bits per heavy atom. The van der Waals surface area contributed by atoms with Gasteiger partial charge in [0.1, 0.15) is 12.4 Å². The number of halogens is 2. The van der Waals surface area contributed by atoms with E-state index in [4.69, 9.17) is 32.7 Å². The van der Waals surface area contributed by atoms with Crippen molar-refractivity contribution in [3.63, 3.8) is 0 Å². The molecule has 0 fully saturated rings. The lowest BCUT2D eigenvalue weighted by Crippen LogP contribution is -2.01. The second-order valence-electron chi connectivity index (χ2n) is 6.69. The molecule has 0 aliphatic heterocycles. The number of aryl methyl sites for hydroxylation is 1. The van der Waals surface area contributed by atoms with Gasteiger partial charge in [-0.25, -0.2) is 4.98 Å². The molecule has 4 nitrogen and oxygen atoms in total. The first kappa shape index (κ1) is 19.6. The van der Waals surface area contributed by atoms with Crippen molar-refractivity contribution in [2.24, 2.45) is 0 Å². The predicted molar refractivity (Wildman–Crippen MR) is 118 cm³/mol. The number of imidazole rings is 1. The fraction of sp³-hybridized carbons (Fsp3) is 0.174. The number of rotatable bonds is 6. The molecule has 0 bridgehead atoms. The van der Waals surface area contributed by atoms with Crippen LogP contribution in [0.5, 0.6) is 11.5 Å². The Morgan fingerprint density at radius 3 is 2.48 bits per heavy atom. The van der Waals surface area contributed by atoms with Crippen molar-refractivity contribution < 1.29 is 9.47 Å². The van der Waals surface area contributed by atoms with Gasteiger partial charge in [-0.2, -0.15) is 0 Å². The lowest BCUT2D eigenvalue weighted by Gasteiger charge is -2.14. The molecule has 1 aromatic heterocycles. The molecule has 0 radical (unpaired) electrons. The van der Waals surface area contributed by atoms with E-state index >= 15 is 0 Å². The largest absolute Gasteiger partial charge is 0.490 e. The van der Waals surface area contributed by atoms with Gasteiger partial charge >= 0.3 is 0 Å². The molecule has 1 N–H and O–H groups in total. The van der Waals surface area contributed by atoms with Crippen molar-refractivity contribution in [1.82, 2.24) is 9.97 Å². The smallest absolute Gasteiger partial charge is 0.161 e. The average molecular weight is 427 g/mol. The second kappa shape index (κ2) is 8.36. The summed E-state index contributed by atoms with van der Waals surface area (Å²) in [5.41, 5.74) is 4.79. The summed E-state index contributed by atoms with van der Waals surface area (Å²) in [6, 6.07) is 17.3. The number of aromatic nitrogens is 2. The van der Waals surface area contributed by atoms with Crippen LogP contribution in [0.4, 0.5) is 0 Å². The number of hydrogen-bond acceptors (Lipinski definition) is 3. The molecular formula is C23H20Cl2N2O2. The number of ether oxygens (including phenoxy) is 2. The Kier molecular flexibility index (Phi) is 5.65. The number of aromatic amines is 1. The lowest BCUT2D eigenvalue weighted by molar-refractivity contribution is 0.269. The average Bonchev–Trinajstić information content (AvgIpc) is 3.12. The van der Waals surface area contributed by atoms with Crippen molar-refractivity contribution in [2.45, 2.75) is 20.5 Å². The summed E-state index contributed by atoms with van der Waals surface area (Å²) in [6.45, 7) is 4.77. The third-order valence-corrected chi connectivity index (χ3v) is 5.30. The number of benzene rings is 3. The van der Waals surface area contributed by atoms with Crippen LogP contribution < -0.4 is 9.47 Å². The first-order valence-electron chi connectivity index (χ1n) is 9.34. The Labute approximate surface area is 179 Å². The summed E-state index contributed by atoms with van der Waals surface area (Å²) in [4.78, 5) is 8.06. The molecule has 29 heavy (non-hydrogen) atoms. The van der Waals surface area contributed by atoms with Crippen LogP contribution in [0.3, 0.4) is 0 Å². The molecule has 1 heterocycles. The Hall–Kier alpha value is -2.69. The van der Waals surface area contributed by atoms with Crippen LogP contribution in [0.25, 0.3) is 22.4 Å². The summed E-state index contributed by atoms with van der Waals surface area (Å²) in [5.74, 6) is 2.05. The SMILES string of the molecule is CCOc1cc(-c2nc3ccc(C)cc3[nH]2)ccc1OCc1c(Cl)cccc1Cl. The molecule has 0 saturated heterocycles. The zero-order chi connectivity index (χ0) is 20.4. The maximum atomic E-state index is 6.24. The van der Waals surface area contributed by atoms with Gasteiger partial charge in [0, 0.05) is 21.2 Å². The van der Waals surface area contributed by atoms with Crippen LogP contribution in [0.15, 0.2) is 54.6 Å². The molecule has 0 amide bonds. The topological polar surface area (TPSA) is 47.1 Å². The summed E-state index contributed by atoms with van der Waals surface area (Å²) in [5, 5.41) is 1.15. The number of fused-ring (bicyclic) bond motifs is 1. The van der Waals surface area contributed by atoms with Gasteiger partial charge in [0.05, 0.1) is 17.6 Å². The van der Waals surface area contributed by atoms with E-state index in [9.17, 15) is 0 Å². The molecule has 3 aromatic carbocycles. The van der Waals surface area contributed by atoms with Crippen LogP contribution in [0.2, 0.25) is 10.0 Å².